The van der Waals surface area contributed by atoms with Crippen molar-refractivity contribution in [3.63, 3.8) is 0 Å². The van der Waals surface area contributed by atoms with Crippen LogP contribution in [0.5, 0.6) is 0 Å². The lowest BCUT2D eigenvalue weighted by Gasteiger charge is -2.13. The molecule has 1 heterocycles. The van der Waals surface area contributed by atoms with Crippen LogP contribution in [0.1, 0.15) is 11.1 Å². The number of hydrogen-bond acceptors (Lipinski definition) is 3. The van der Waals surface area contributed by atoms with Gasteiger partial charge < -0.3 is 15.4 Å². The van der Waals surface area contributed by atoms with Crippen LogP contribution >= 0.6 is 0 Å². The molecule has 0 aliphatic carbocycles. The molecule has 1 fully saturated rings. The van der Waals surface area contributed by atoms with E-state index in [9.17, 15) is 9.59 Å². The van der Waals surface area contributed by atoms with Crippen LogP contribution in [0.3, 0.4) is 0 Å². The van der Waals surface area contributed by atoms with E-state index in [2.05, 4.69) is 10.6 Å². The third-order valence-corrected chi connectivity index (χ3v) is 3.77. The number of amides is 3. The van der Waals surface area contributed by atoms with Crippen LogP contribution in [0.25, 0.3) is 0 Å². The van der Waals surface area contributed by atoms with Gasteiger partial charge in [-0.15, -0.1) is 0 Å². The summed E-state index contributed by atoms with van der Waals surface area (Å²) in [6, 6.07) is 14.8. The maximum Gasteiger partial charge on any atom is 0.414 e. The largest absolute Gasteiger partial charge is 0.447 e. The summed E-state index contributed by atoms with van der Waals surface area (Å²) in [4.78, 5) is 25.0. The minimum atomic E-state index is -0.341. The van der Waals surface area contributed by atoms with Crippen LogP contribution in [0, 0.1) is 6.92 Å². The number of aryl methyl sites for hydroxylation is 1. The Balaban J connectivity index is 1.52. The van der Waals surface area contributed by atoms with Gasteiger partial charge in [-0.1, -0.05) is 29.8 Å². The van der Waals surface area contributed by atoms with Crippen molar-refractivity contribution in [1.82, 2.24) is 5.32 Å². The third-order valence-electron chi connectivity index (χ3n) is 3.77. The molecule has 0 radical (unpaired) electrons. The second-order valence-electron chi connectivity index (χ2n) is 5.61. The van der Waals surface area contributed by atoms with E-state index in [1.54, 1.807) is 29.2 Å². The molecular weight excluding hydrogens is 306 g/mol. The first-order valence-corrected chi connectivity index (χ1v) is 7.76. The molecule has 24 heavy (non-hydrogen) atoms. The van der Waals surface area contributed by atoms with E-state index in [1.165, 1.54) is 5.56 Å². The molecule has 0 spiro atoms. The molecular formula is C18H19N3O3. The van der Waals surface area contributed by atoms with Crippen LogP contribution in [0.4, 0.5) is 21.0 Å². The molecule has 2 aromatic rings. The fourth-order valence-electron chi connectivity index (χ4n) is 2.42. The Labute approximate surface area is 140 Å². The van der Waals surface area contributed by atoms with Crippen LogP contribution in [0.2, 0.25) is 0 Å². The van der Waals surface area contributed by atoms with Crippen molar-refractivity contribution in [3.8, 4) is 0 Å². The van der Waals surface area contributed by atoms with Crippen molar-refractivity contribution in [2.24, 2.45) is 0 Å². The fraction of sp³-hybridized carbons (Fsp3) is 0.222. The number of anilines is 2. The number of carbonyl (C=O) groups excluding carboxylic acids is 2. The number of rotatable bonds is 4. The summed E-state index contributed by atoms with van der Waals surface area (Å²) < 4.78 is 4.90. The average Bonchev–Trinajstić information content (AvgIpc) is 3.01. The molecule has 3 rings (SSSR count). The third kappa shape index (κ3) is 3.84. The van der Waals surface area contributed by atoms with Gasteiger partial charge in [-0.05, 0) is 36.8 Å². The second kappa shape index (κ2) is 7.04. The molecule has 6 heteroatoms. The Hall–Kier alpha value is -3.02. The van der Waals surface area contributed by atoms with Crippen molar-refractivity contribution in [2.75, 3.05) is 23.4 Å². The first kappa shape index (κ1) is 15.9. The lowest BCUT2D eigenvalue weighted by Crippen LogP contribution is -2.28. The summed E-state index contributed by atoms with van der Waals surface area (Å²) in [6.07, 6.45) is -0.341. The Morgan fingerprint density at radius 3 is 2.46 bits per heavy atom. The molecule has 0 bridgehead atoms. The Morgan fingerprint density at radius 1 is 1.12 bits per heavy atom. The smallest absolute Gasteiger partial charge is 0.414 e. The Bertz CT molecular complexity index is 726. The number of cyclic esters (lactones) is 1. The van der Waals surface area contributed by atoms with Crippen molar-refractivity contribution < 1.29 is 14.3 Å². The number of carbonyl (C=O) groups is 2. The van der Waals surface area contributed by atoms with Crippen molar-refractivity contribution in [3.05, 3.63) is 59.7 Å². The first-order valence-electron chi connectivity index (χ1n) is 7.76. The predicted molar refractivity (Wildman–Crippen MR) is 92.2 cm³/mol. The van der Waals surface area contributed by atoms with E-state index in [0.29, 0.717) is 25.4 Å². The number of nitrogens with zero attached hydrogens (tertiary/aromatic N) is 1. The highest BCUT2D eigenvalue weighted by atomic mass is 16.6. The summed E-state index contributed by atoms with van der Waals surface area (Å²) in [5, 5.41) is 5.58. The van der Waals surface area contributed by atoms with Gasteiger partial charge in [-0.3, -0.25) is 4.90 Å². The zero-order chi connectivity index (χ0) is 16.9. The molecule has 0 saturated carbocycles. The molecule has 0 unspecified atom stereocenters. The van der Waals surface area contributed by atoms with Gasteiger partial charge in [0.05, 0.1) is 6.54 Å². The molecule has 1 saturated heterocycles. The fourth-order valence-corrected chi connectivity index (χ4v) is 2.42. The van der Waals surface area contributed by atoms with Crippen LogP contribution in [-0.2, 0) is 11.3 Å². The van der Waals surface area contributed by atoms with E-state index < -0.39 is 0 Å². The Morgan fingerprint density at radius 2 is 1.83 bits per heavy atom. The van der Waals surface area contributed by atoms with Gasteiger partial charge in [-0.2, -0.15) is 0 Å². The van der Waals surface area contributed by atoms with E-state index in [-0.39, 0.29) is 12.1 Å². The minimum absolute atomic E-state index is 0.274. The van der Waals surface area contributed by atoms with Crippen LogP contribution in [-0.4, -0.2) is 25.3 Å². The van der Waals surface area contributed by atoms with Gasteiger partial charge in [0, 0.05) is 17.9 Å². The van der Waals surface area contributed by atoms with Crippen molar-refractivity contribution in [2.45, 2.75) is 13.5 Å². The van der Waals surface area contributed by atoms with Crippen molar-refractivity contribution in [1.29, 1.82) is 0 Å². The topological polar surface area (TPSA) is 70.7 Å². The Kier molecular flexibility index (Phi) is 4.65. The normalized spacial score (nSPS) is 13.5. The SMILES string of the molecule is Cc1ccc(CNC(=O)Nc2ccc(N3CCOC3=O)cc2)cc1. The van der Waals surface area contributed by atoms with E-state index in [4.69, 9.17) is 4.74 Å². The number of benzene rings is 2. The lowest BCUT2D eigenvalue weighted by atomic mass is 10.1. The zero-order valence-electron chi connectivity index (χ0n) is 13.4. The molecule has 0 aromatic heterocycles. The minimum Gasteiger partial charge on any atom is -0.447 e. The maximum absolute atomic E-state index is 11.9. The van der Waals surface area contributed by atoms with E-state index in [0.717, 1.165) is 11.3 Å². The number of ether oxygens (including phenoxy) is 1. The summed E-state index contributed by atoms with van der Waals surface area (Å²) >= 11 is 0. The number of nitrogens with one attached hydrogen (secondary N) is 2. The molecule has 3 amide bonds. The van der Waals surface area contributed by atoms with Gasteiger partial charge in [0.25, 0.3) is 0 Å². The second-order valence-corrected chi connectivity index (χ2v) is 5.61. The maximum atomic E-state index is 11.9. The van der Waals surface area contributed by atoms with Gasteiger partial charge in [-0.25, -0.2) is 9.59 Å². The van der Waals surface area contributed by atoms with Gasteiger partial charge in [0.2, 0.25) is 0 Å². The highest BCUT2D eigenvalue weighted by Gasteiger charge is 2.23. The molecule has 1 aliphatic heterocycles. The van der Waals surface area contributed by atoms with E-state index >= 15 is 0 Å². The first-order chi connectivity index (χ1) is 11.6. The number of urea groups is 1. The monoisotopic (exact) mass is 325 g/mol. The quantitative estimate of drug-likeness (QED) is 0.906. The molecule has 124 valence electrons. The predicted octanol–water partition coefficient (Wildman–Crippen LogP) is 3.27. The van der Waals surface area contributed by atoms with Crippen LogP contribution < -0.4 is 15.5 Å². The molecule has 2 N–H and O–H groups in total. The molecule has 1 aliphatic rings. The van der Waals surface area contributed by atoms with E-state index in [1.807, 2.05) is 31.2 Å². The molecule has 0 atom stereocenters. The van der Waals surface area contributed by atoms with Gasteiger partial charge in [0.15, 0.2) is 0 Å². The summed E-state index contributed by atoms with van der Waals surface area (Å²) in [7, 11) is 0. The summed E-state index contributed by atoms with van der Waals surface area (Å²) in [6.45, 7) is 3.43. The summed E-state index contributed by atoms with van der Waals surface area (Å²) in [5.41, 5.74) is 3.64. The lowest BCUT2D eigenvalue weighted by molar-refractivity contribution is 0.181. The standard InChI is InChI=1S/C18H19N3O3/c1-13-2-4-14(5-3-13)12-19-17(22)20-15-6-8-16(9-7-15)21-10-11-24-18(21)23/h2-9H,10-12H2,1H3,(H2,19,20,22). The number of hydrogen-bond donors (Lipinski definition) is 2. The molecule has 6 nitrogen and oxygen atoms in total. The van der Waals surface area contributed by atoms with Gasteiger partial charge in [0.1, 0.15) is 6.61 Å². The highest BCUT2D eigenvalue weighted by molar-refractivity contribution is 5.91. The summed E-state index contributed by atoms with van der Waals surface area (Å²) in [5.74, 6) is 0. The molecule has 2 aromatic carbocycles. The van der Waals surface area contributed by atoms with Crippen LogP contribution in [0.15, 0.2) is 48.5 Å². The average molecular weight is 325 g/mol. The zero-order valence-corrected chi connectivity index (χ0v) is 13.4. The van der Waals surface area contributed by atoms with Gasteiger partial charge >= 0.3 is 12.1 Å². The van der Waals surface area contributed by atoms with Crippen molar-refractivity contribution >= 4 is 23.5 Å². The highest BCUT2D eigenvalue weighted by Crippen LogP contribution is 2.21.